The van der Waals surface area contributed by atoms with Crippen molar-refractivity contribution in [2.75, 3.05) is 34.5 Å². The van der Waals surface area contributed by atoms with Crippen LogP contribution < -0.4 is 24.3 Å². The second-order valence-corrected chi connectivity index (χ2v) is 9.01. The zero-order chi connectivity index (χ0) is 27.1. The van der Waals surface area contributed by atoms with Crippen LogP contribution in [0.1, 0.15) is 33.7 Å². The predicted molar refractivity (Wildman–Crippen MR) is 148 cm³/mol. The van der Waals surface area contributed by atoms with Gasteiger partial charge in [-0.1, -0.05) is 30.3 Å². The second kappa shape index (κ2) is 12.4. The summed E-state index contributed by atoms with van der Waals surface area (Å²) in [5.41, 5.74) is 4.72. The van der Waals surface area contributed by atoms with Gasteiger partial charge in [-0.3, -0.25) is 4.79 Å². The summed E-state index contributed by atoms with van der Waals surface area (Å²) >= 11 is 0. The molecule has 0 fully saturated rings. The highest BCUT2D eigenvalue weighted by Crippen LogP contribution is 2.38. The van der Waals surface area contributed by atoms with Crippen LogP contribution in [-0.4, -0.2) is 49.9 Å². The first kappa shape index (κ1) is 26.9. The fourth-order valence-electron chi connectivity index (χ4n) is 4.59. The normalized spacial score (nSPS) is 10.9. The number of hydrogen-bond acceptors (Lipinski definition) is 6. The SMILES string of the molecule is COc1cc(C(=O)NCCc2nc3ccccc3n2CCCOc2c(C)cccc2C)cc(OC)c1OC. The van der Waals surface area contributed by atoms with Crippen LogP contribution in [0.2, 0.25) is 0 Å². The summed E-state index contributed by atoms with van der Waals surface area (Å²) in [6, 6.07) is 17.5. The van der Waals surface area contributed by atoms with Crippen molar-refractivity contribution in [1.29, 1.82) is 0 Å². The van der Waals surface area contributed by atoms with Crippen molar-refractivity contribution < 1.29 is 23.7 Å². The maximum absolute atomic E-state index is 12.9. The summed E-state index contributed by atoms with van der Waals surface area (Å²) < 4.78 is 24.4. The molecule has 0 bridgehead atoms. The first-order valence-corrected chi connectivity index (χ1v) is 12.7. The van der Waals surface area contributed by atoms with E-state index in [9.17, 15) is 4.79 Å². The molecule has 0 saturated heterocycles. The molecule has 1 amide bonds. The fraction of sp³-hybridized carbons (Fsp3) is 0.333. The molecule has 200 valence electrons. The molecule has 0 radical (unpaired) electrons. The summed E-state index contributed by atoms with van der Waals surface area (Å²) in [5.74, 6) is 2.96. The second-order valence-electron chi connectivity index (χ2n) is 9.01. The number of fused-ring (bicyclic) bond motifs is 1. The summed E-state index contributed by atoms with van der Waals surface area (Å²) in [7, 11) is 4.58. The predicted octanol–water partition coefficient (Wildman–Crippen LogP) is 5.12. The number of carbonyl (C=O) groups is 1. The van der Waals surface area contributed by atoms with Gasteiger partial charge in [-0.05, 0) is 55.7 Å². The number of para-hydroxylation sites is 3. The molecule has 1 N–H and O–H groups in total. The van der Waals surface area contributed by atoms with E-state index in [1.807, 2.05) is 24.3 Å². The lowest BCUT2D eigenvalue weighted by molar-refractivity contribution is 0.0953. The van der Waals surface area contributed by atoms with Crippen LogP contribution in [0.15, 0.2) is 54.6 Å². The van der Waals surface area contributed by atoms with Gasteiger partial charge in [0, 0.05) is 25.1 Å². The average Bonchev–Trinajstić information content (AvgIpc) is 3.28. The van der Waals surface area contributed by atoms with Crippen LogP contribution in [0.5, 0.6) is 23.0 Å². The first-order valence-electron chi connectivity index (χ1n) is 12.7. The van der Waals surface area contributed by atoms with Crippen molar-refractivity contribution in [3.8, 4) is 23.0 Å². The smallest absolute Gasteiger partial charge is 0.251 e. The molecule has 3 aromatic carbocycles. The lowest BCUT2D eigenvalue weighted by Crippen LogP contribution is -2.26. The molecule has 1 heterocycles. The summed E-state index contributed by atoms with van der Waals surface area (Å²) in [4.78, 5) is 17.8. The van der Waals surface area contributed by atoms with E-state index >= 15 is 0 Å². The quantitative estimate of drug-likeness (QED) is 0.263. The van der Waals surface area contributed by atoms with Gasteiger partial charge in [0.25, 0.3) is 5.91 Å². The van der Waals surface area contributed by atoms with E-state index in [1.54, 1.807) is 12.1 Å². The average molecular weight is 518 g/mol. The number of nitrogens with zero attached hydrogens (tertiary/aromatic N) is 2. The molecule has 0 unspecified atom stereocenters. The third-order valence-corrected chi connectivity index (χ3v) is 6.48. The van der Waals surface area contributed by atoms with Gasteiger partial charge in [0.15, 0.2) is 11.5 Å². The lowest BCUT2D eigenvalue weighted by atomic mass is 10.1. The van der Waals surface area contributed by atoms with E-state index in [-0.39, 0.29) is 5.91 Å². The number of imidazole rings is 1. The molecular weight excluding hydrogens is 482 g/mol. The standard InChI is InChI=1S/C30H35N3O5/c1-20-10-8-11-21(2)28(20)38-17-9-16-33-24-13-7-6-12-23(24)32-27(33)14-15-31-30(34)22-18-25(35-3)29(37-5)26(19-22)36-4/h6-8,10-13,18-19H,9,14-17H2,1-5H3,(H,31,34). The number of hydrogen-bond donors (Lipinski definition) is 1. The van der Waals surface area contributed by atoms with Gasteiger partial charge in [0.1, 0.15) is 11.6 Å². The van der Waals surface area contributed by atoms with Crippen molar-refractivity contribution >= 4 is 16.9 Å². The van der Waals surface area contributed by atoms with E-state index in [0.717, 1.165) is 46.7 Å². The Morgan fingerprint density at radius 3 is 2.24 bits per heavy atom. The molecule has 4 rings (SSSR count). The molecule has 0 aliphatic rings. The Morgan fingerprint density at radius 2 is 1.58 bits per heavy atom. The minimum atomic E-state index is -0.228. The number of amides is 1. The minimum Gasteiger partial charge on any atom is -0.493 e. The van der Waals surface area contributed by atoms with Crippen molar-refractivity contribution in [3.63, 3.8) is 0 Å². The highest BCUT2D eigenvalue weighted by atomic mass is 16.5. The summed E-state index contributed by atoms with van der Waals surface area (Å²) in [5, 5.41) is 2.99. The van der Waals surface area contributed by atoms with Crippen LogP contribution in [0, 0.1) is 13.8 Å². The molecule has 0 atom stereocenters. The van der Waals surface area contributed by atoms with E-state index in [0.29, 0.717) is 42.4 Å². The first-order chi connectivity index (χ1) is 18.5. The lowest BCUT2D eigenvalue weighted by Gasteiger charge is -2.14. The number of nitrogens with one attached hydrogen (secondary N) is 1. The van der Waals surface area contributed by atoms with Crippen LogP contribution >= 0.6 is 0 Å². The molecule has 8 nitrogen and oxygen atoms in total. The fourth-order valence-corrected chi connectivity index (χ4v) is 4.59. The zero-order valence-corrected chi connectivity index (χ0v) is 22.7. The molecule has 0 aliphatic carbocycles. The van der Waals surface area contributed by atoms with Crippen molar-refractivity contribution in [1.82, 2.24) is 14.9 Å². The minimum absolute atomic E-state index is 0.228. The Kier molecular flexibility index (Phi) is 8.73. The van der Waals surface area contributed by atoms with Crippen molar-refractivity contribution in [2.45, 2.75) is 33.2 Å². The van der Waals surface area contributed by atoms with Gasteiger partial charge in [0.05, 0.1) is 39.0 Å². The van der Waals surface area contributed by atoms with Crippen LogP contribution in [-0.2, 0) is 13.0 Å². The number of ether oxygens (including phenoxy) is 4. The summed E-state index contributed by atoms with van der Waals surface area (Å²) in [6.45, 7) is 5.93. The third kappa shape index (κ3) is 5.85. The van der Waals surface area contributed by atoms with E-state index < -0.39 is 0 Å². The Morgan fingerprint density at radius 1 is 0.895 bits per heavy atom. The maximum Gasteiger partial charge on any atom is 0.251 e. The molecule has 1 aromatic heterocycles. The van der Waals surface area contributed by atoms with Crippen LogP contribution in [0.3, 0.4) is 0 Å². The summed E-state index contributed by atoms with van der Waals surface area (Å²) in [6.07, 6.45) is 1.42. The molecule has 0 spiro atoms. The van der Waals surface area contributed by atoms with E-state index in [4.69, 9.17) is 23.9 Å². The van der Waals surface area contributed by atoms with Gasteiger partial charge in [0.2, 0.25) is 5.75 Å². The van der Waals surface area contributed by atoms with E-state index in [2.05, 4.69) is 41.9 Å². The molecule has 4 aromatic rings. The maximum atomic E-state index is 12.9. The Bertz CT molecular complexity index is 1370. The van der Waals surface area contributed by atoms with Gasteiger partial charge in [-0.15, -0.1) is 0 Å². The third-order valence-electron chi connectivity index (χ3n) is 6.48. The topological polar surface area (TPSA) is 83.8 Å². The Balaban J connectivity index is 1.42. The molecule has 8 heteroatoms. The number of aryl methyl sites for hydroxylation is 3. The van der Waals surface area contributed by atoms with Crippen LogP contribution in [0.4, 0.5) is 0 Å². The number of carbonyl (C=O) groups excluding carboxylic acids is 1. The van der Waals surface area contributed by atoms with E-state index in [1.165, 1.54) is 21.3 Å². The van der Waals surface area contributed by atoms with Gasteiger partial charge < -0.3 is 28.8 Å². The van der Waals surface area contributed by atoms with Crippen LogP contribution in [0.25, 0.3) is 11.0 Å². The van der Waals surface area contributed by atoms with Crippen molar-refractivity contribution in [3.05, 3.63) is 77.1 Å². The number of aromatic nitrogens is 2. The largest absolute Gasteiger partial charge is 0.493 e. The number of methoxy groups -OCH3 is 3. The van der Waals surface area contributed by atoms with Gasteiger partial charge >= 0.3 is 0 Å². The highest BCUT2D eigenvalue weighted by molar-refractivity contribution is 5.95. The highest BCUT2D eigenvalue weighted by Gasteiger charge is 2.17. The van der Waals surface area contributed by atoms with Gasteiger partial charge in [-0.25, -0.2) is 4.98 Å². The number of rotatable bonds is 12. The zero-order valence-electron chi connectivity index (χ0n) is 22.7. The molecular formula is C30H35N3O5. The van der Waals surface area contributed by atoms with Crippen molar-refractivity contribution in [2.24, 2.45) is 0 Å². The molecule has 0 aliphatic heterocycles. The molecule has 0 saturated carbocycles. The Labute approximate surface area is 223 Å². The monoisotopic (exact) mass is 517 g/mol. The van der Waals surface area contributed by atoms with Gasteiger partial charge in [-0.2, -0.15) is 0 Å². The Hall–Kier alpha value is -4.20. The number of benzene rings is 3. The molecule has 38 heavy (non-hydrogen) atoms.